The van der Waals surface area contributed by atoms with Crippen LogP contribution in [-0.2, 0) is 4.79 Å². The molecule has 0 atom stereocenters. The number of amides is 1. The van der Waals surface area contributed by atoms with Gasteiger partial charge in [0.15, 0.2) is 5.78 Å². The van der Waals surface area contributed by atoms with Gasteiger partial charge in [-0.15, -0.1) is 0 Å². The number of anilines is 1. The van der Waals surface area contributed by atoms with Gasteiger partial charge in [0.2, 0.25) is 5.91 Å². The van der Waals surface area contributed by atoms with Crippen LogP contribution in [0.1, 0.15) is 35.7 Å². The Balaban J connectivity index is 1.55. The topological polar surface area (TPSA) is 49.9 Å². The molecule has 5 heteroatoms. The first kappa shape index (κ1) is 21.1. The summed E-state index contributed by atoms with van der Waals surface area (Å²) >= 11 is 0. The van der Waals surface area contributed by atoms with Gasteiger partial charge < -0.3 is 9.64 Å². The molecule has 1 fully saturated rings. The Morgan fingerprint density at radius 1 is 1.07 bits per heavy atom. The van der Waals surface area contributed by atoms with Crippen LogP contribution in [0.2, 0.25) is 0 Å². The number of aryl methyl sites for hydroxylation is 1. The highest BCUT2D eigenvalue weighted by Gasteiger charge is 2.28. The number of carbonyl (C=O) groups is 2. The van der Waals surface area contributed by atoms with Crippen molar-refractivity contribution in [1.82, 2.24) is 4.90 Å². The molecule has 1 aliphatic heterocycles. The van der Waals surface area contributed by atoms with Gasteiger partial charge in [0.25, 0.3) is 0 Å². The lowest BCUT2D eigenvalue weighted by Crippen LogP contribution is -2.44. The molecule has 0 N–H and O–H groups in total. The summed E-state index contributed by atoms with van der Waals surface area (Å²) in [4.78, 5) is 29.7. The van der Waals surface area contributed by atoms with Crippen molar-refractivity contribution in [2.45, 2.75) is 26.7 Å². The molecule has 1 saturated heterocycles. The quantitative estimate of drug-likeness (QED) is 0.667. The van der Waals surface area contributed by atoms with E-state index in [1.807, 2.05) is 67.3 Å². The Kier molecular flexibility index (Phi) is 7.04. The van der Waals surface area contributed by atoms with Crippen LogP contribution >= 0.6 is 0 Å². The summed E-state index contributed by atoms with van der Waals surface area (Å²) in [5.74, 6) is 1.08. The normalized spacial score (nSPS) is 15.1. The maximum atomic E-state index is 12.9. The molecule has 1 heterocycles. The third-order valence-corrected chi connectivity index (χ3v) is 5.72. The number of piperidine rings is 1. The molecule has 0 aromatic heterocycles. The van der Waals surface area contributed by atoms with E-state index in [4.69, 9.17) is 4.74 Å². The fourth-order valence-corrected chi connectivity index (χ4v) is 3.97. The van der Waals surface area contributed by atoms with Crippen molar-refractivity contribution < 1.29 is 14.3 Å². The van der Waals surface area contributed by atoms with E-state index in [2.05, 4.69) is 4.90 Å². The summed E-state index contributed by atoms with van der Waals surface area (Å²) in [5, 5.41) is 0. The van der Waals surface area contributed by atoms with Crippen molar-refractivity contribution in [3.63, 3.8) is 0 Å². The number of carbonyl (C=O) groups excluding carboxylic acids is 2. The van der Waals surface area contributed by atoms with Crippen molar-refractivity contribution in [3.8, 4) is 5.75 Å². The lowest BCUT2D eigenvalue weighted by molar-refractivity contribution is -0.120. The summed E-state index contributed by atoms with van der Waals surface area (Å²) in [7, 11) is 1.62. The number of ketones is 1. The smallest absolute Gasteiger partial charge is 0.241 e. The zero-order valence-corrected chi connectivity index (χ0v) is 17.6. The molecule has 29 heavy (non-hydrogen) atoms. The summed E-state index contributed by atoms with van der Waals surface area (Å²) in [6.07, 6.45) is 1.57. The highest BCUT2D eigenvalue weighted by atomic mass is 16.5. The van der Waals surface area contributed by atoms with Crippen molar-refractivity contribution >= 4 is 17.4 Å². The summed E-state index contributed by atoms with van der Waals surface area (Å²) in [6, 6.07) is 15.3. The Labute approximate surface area is 173 Å². The van der Waals surface area contributed by atoms with Gasteiger partial charge in [0, 0.05) is 23.7 Å². The van der Waals surface area contributed by atoms with E-state index in [0.717, 1.165) is 48.5 Å². The fourth-order valence-electron chi connectivity index (χ4n) is 3.97. The van der Waals surface area contributed by atoms with E-state index in [0.29, 0.717) is 13.1 Å². The number of methoxy groups -OCH3 is 1. The molecule has 3 rings (SSSR count). The number of hydrogen-bond acceptors (Lipinski definition) is 4. The fraction of sp³-hybridized carbons (Fsp3) is 0.417. The Bertz CT molecular complexity index is 839. The molecule has 154 valence electrons. The van der Waals surface area contributed by atoms with Gasteiger partial charge in [-0.3, -0.25) is 14.5 Å². The molecule has 0 aliphatic carbocycles. The number of nitrogens with zero attached hydrogens (tertiary/aromatic N) is 2. The minimum absolute atomic E-state index is 0.0217. The van der Waals surface area contributed by atoms with Gasteiger partial charge in [-0.1, -0.05) is 18.2 Å². The zero-order valence-electron chi connectivity index (χ0n) is 17.6. The maximum absolute atomic E-state index is 12.9. The standard InChI is InChI=1S/C24H30N2O3/c1-4-26(22-8-6-5-7-18(22)2)23(27)17-25-15-13-20(14-16-25)24(28)19-9-11-21(29-3)12-10-19/h5-12,20H,4,13-17H2,1-3H3. The lowest BCUT2D eigenvalue weighted by atomic mass is 9.89. The van der Waals surface area contributed by atoms with Crippen molar-refractivity contribution in [3.05, 3.63) is 59.7 Å². The Morgan fingerprint density at radius 2 is 1.72 bits per heavy atom. The Hall–Kier alpha value is -2.66. The predicted octanol–water partition coefficient (Wildman–Crippen LogP) is 3.95. The minimum Gasteiger partial charge on any atom is -0.497 e. The monoisotopic (exact) mass is 394 g/mol. The molecule has 1 amide bonds. The van der Waals surface area contributed by atoms with E-state index in [-0.39, 0.29) is 17.6 Å². The van der Waals surface area contributed by atoms with Crippen LogP contribution in [0, 0.1) is 12.8 Å². The van der Waals surface area contributed by atoms with Gasteiger partial charge in [-0.25, -0.2) is 0 Å². The van der Waals surface area contributed by atoms with E-state index in [1.165, 1.54) is 0 Å². The number of likely N-dealkylation sites (tertiary alicyclic amines) is 1. The first-order chi connectivity index (χ1) is 14.0. The molecule has 2 aromatic rings. The molecule has 0 bridgehead atoms. The zero-order chi connectivity index (χ0) is 20.8. The second kappa shape index (κ2) is 9.70. The van der Waals surface area contributed by atoms with Gasteiger partial charge in [0.05, 0.1) is 13.7 Å². The largest absolute Gasteiger partial charge is 0.497 e. The van der Waals surface area contributed by atoms with Crippen molar-refractivity contribution in [2.24, 2.45) is 5.92 Å². The molecule has 2 aromatic carbocycles. The van der Waals surface area contributed by atoms with Crippen molar-refractivity contribution in [2.75, 3.05) is 38.2 Å². The van der Waals surface area contributed by atoms with E-state index < -0.39 is 0 Å². The van der Waals surface area contributed by atoms with E-state index >= 15 is 0 Å². The third kappa shape index (κ3) is 5.04. The second-order valence-electron chi connectivity index (χ2n) is 7.57. The third-order valence-electron chi connectivity index (χ3n) is 5.72. The number of ether oxygens (including phenoxy) is 1. The predicted molar refractivity (Wildman–Crippen MR) is 116 cm³/mol. The molecule has 0 spiro atoms. The number of Topliss-reactive ketones (excluding diaryl/α,β-unsaturated/α-hetero) is 1. The minimum atomic E-state index is 0.0217. The molecular formula is C24H30N2O3. The van der Waals surface area contributed by atoms with Crippen molar-refractivity contribution in [1.29, 1.82) is 0 Å². The SMILES string of the molecule is CCN(C(=O)CN1CCC(C(=O)c2ccc(OC)cc2)CC1)c1ccccc1C. The van der Waals surface area contributed by atoms with Crippen LogP contribution in [0.5, 0.6) is 5.75 Å². The van der Waals surface area contributed by atoms with Gasteiger partial charge in [0.1, 0.15) is 5.75 Å². The highest BCUT2D eigenvalue weighted by molar-refractivity contribution is 5.98. The van der Waals surface area contributed by atoms with Crippen LogP contribution < -0.4 is 9.64 Å². The number of benzene rings is 2. The second-order valence-corrected chi connectivity index (χ2v) is 7.57. The molecule has 5 nitrogen and oxygen atoms in total. The average Bonchev–Trinajstić information content (AvgIpc) is 2.75. The Morgan fingerprint density at radius 3 is 2.31 bits per heavy atom. The lowest BCUT2D eigenvalue weighted by Gasteiger charge is -2.32. The number of rotatable bonds is 7. The van der Waals surface area contributed by atoms with Crippen LogP contribution in [0.15, 0.2) is 48.5 Å². The van der Waals surface area contributed by atoms with Gasteiger partial charge in [-0.05, 0) is 75.7 Å². The van der Waals surface area contributed by atoms with E-state index in [1.54, 1.807) is 7.11 Å². The van der Waals surface area contributed by atoms with Crippen LogP contribution in [0.4, 0.5) is 5.69 Å². The summed E-state index contributed by atoms with van der Waals surface area (Å²) in [5.41, 5.74) is 2.81. The number of hydrogen-bond donors (Lipinski definition) is 0. The van der Waals surface area contributed by atoms with Gasteiger partial charge >= 0.3 is 0 Å². The molecular weight excluding hydrogens is 364 g/mol. The highest BCUT2D eigenvalue weighted by Crippen LogP contribution is 2.24. The molecule has 0 unspecified atom stereocenters. The van der Waals surface area contributed by atoms with Crippen LogP contribution in [0.3, 0.4) is 0 Å². The summed E-state index contributed by atoms with van der Waals surface area (Å²) < 4.78 is 5.16. The maximum Gasteiger partial charge on any atom is 0.241 e. The molecule has 1 aliphatic rings. The molecule has 0 radical (unpaired) electrons. The van der Waals surface area contributed by atoms with Gasteiger partial charge in [-0.2, -0.15) is 0 Å². The first-order valence-electron chi connectivity index (χ1n) is 10.3. The summed E-state index contributed by atoms with van der Waals surface area (Å²) in [6.45, 7) is 6.61. The molecule has 0 saturated carbocycles. The number of likely N-dealkylation sites (N-methyl/N-ethyl adjacent to an activating group) is 1. The van der Waals surface area contributed by atoms with E-state index in [9.17, 15) is 9.59 Å². The number of para-hydroxylation sites is 1. The first-order valence-corrected chi connectivity index (χ1v) is 10.3. The van der Waals surface area contributed by atoms with Crippen LogP contribution in [-0.4, -0.2) is 49.9 Å². The van der Waals surface area contributed by atoms with Crippen LogP contribution in [0.25, 0.3) is 0 Å². The average molecular weight is 395 g/mol.